The summed E-state index contributed by atoms with van der Waals surface area (Å²) in [4.78, 5) is 3.72. The SMILES string of the molecule is O=S([O-])c1ccc(Cl)nc1.[Li+]. The monoisotopic (exact) mass is 183 g/mol. The van der Waals surface area contributed by atoms with E-state index in [2.05, 4.69) is 4.98 Å². The number of rotatable bonds is 1. The Morgan fingerprint density at radius 2 is 2.18 bits per heavy atom. The minimum Gasteiger partial charge on any atom is -0.768 e. The number of halogens is 1. The Hall–Kier alpha value is 0.147. The minimum absolute atomic E-state index is 0. The Labute approximate surface area is 83.6 Å². The number of aromatic nitrogens is 1. The zero-order valence-corrected chi connectivity index (χ0v) is 7.35. The van der Waals surface area contributed by atoms with Crippen molar-refractivity contribution in [3.05, 3.63) is 23.5 Å². The molecule has 54 valence electrons. The van der Waals surface area contributed by atoms with Crippen molar-refractivity contribution in [3.63, 3.8) is 0 Å². The van der Waals surface area contributed by atoms with Gasteiger partial charge in [-0.1, -0.05) is 11.6 Å². The zero-order chi connectivity index (χ0) is 7.56. The van der Waals surface area contributed by atoms with Crippen LogP contribution in [-0.2, 0) is 11.1 Å². The van der Waals surface area contributed by atoms with Crippen LogP contribution in [0.3, 0.4) is 0 Å². The number of pyridine rings is 1. The fourth-order valence-electron chi connectivity index (χ4n) is 0.461. The van der Waals surface area contributed by atoms with Crippen molar-refractivity contribution in [2.75, 3.05) is 0 Å². The van der Waals surface area contributed by atoms with Crippen LogP contribution < -0.4 is 18.9 Å². The molecule has 0 saturated carbocycles. The minimum atomic E-state index is -2.21. The summed E-state index contributed by atoms with van der Waals surface area (Å²) in [5.74, 6) is 0. The molecule has 0 aliphatic heterocycles. The maximum atomic E-state index is 10.2. The van der Waals surface area contributed by atoms with E-state index in [1.807, 2.05) is 0 Å². The van der Waals surface area contributed by atoms with Crippen molar-refractivity contribution in [3.8, 4) is 0 Å². The summed E-state index contributed by atoms with van der Waals surface area (Å²) in [5, 5.41) is 0.286. The van der Waals surface area contributed by atoms with E-state index in [4.69, 9.17) is 11.6 Å². The van der Waals surface area contributed by atoms with Crippen LogP contribution in [0.25, 0.3) is 0 Å². The summed E-state index contributed by atoms with van der Waals surface area (Å²) in [5.41, 5.74) is 0. The van der Waals surface area contributed by atoms with Gasteiger partial charge in [0.05, 0.1) is 0 Å². The van der Waals surface area contributed by atoms with Crippen molar-refractivity contribution in [1.82, 2.24) is 4.98 Å². The molecular formula is C5H3ClLiNO2S. The fourth-order valence-corrected chi connectivity index (χ4v) is 0.891. The average Bonchev–Trinajstić information content (AvgIpc) is 1.88. The summed E-state index contributed by atoms with van der Waals surface area (Å²) >= 11 is 3.20. The summed E-state index contributed by atoms with van der Waals surface area (Å²) in [6.45, 7) is 0. The van der Waals surface area contributed by atoms with E-state index >= 15 is 0 Å². The standard InChI is InChI=1S/C5H4ClNO2S.Li/c6-5-2-1-4(3-7-5)10(8)9;/h1-3H,(H,8,9);/q;+1/p-1. The molecule has 0 N–H and O–H groups in total. The van der Waals surface area contributed by atoms with E-state index in [0.717, 1.165) is 0 Å². The second kappa shape index (κ2) is 4.91. The molecule has 0 aromatic carbocycles. The largest absolute Gasteiger partial charge is 1.00 e. The molecule has 0 bridgehead atoms. The van der Waals surface area contributed by atoms with Gasteiger partial charge in [0.25, 0.3) is 0 Å². The Balaban J connectivity index is 0.000001000. The summed E-state index contributed by atoms with van der Waals surface area (Å²) < 4.78 is 20.5. The molecule has 0 aliphatic rings. The van der Waals surface area contributed by atoms with E-state index in [1.165, 1.54) is 18.3 Å². The number of nitrogens with zero attached hydrogens (tertiary/aromatic N) is 1. The van der Waals surface area contributed by atoms with Crippen molar-refractivity contribution in [2.24, 2.45) is 0 Å². The van der Waals surface area contributed by atoms with Gasteiger partial charge in [0.15, 0.2) is 0 Å². The molecule has 11 heavy (non-hydrogen) atoms. The predicted octanol–water partition coefficient (Wildman–Crippen LogP) is -2.02. The first-order valence-electron chi connectivity index (χ1n) is 2.41. The zero-order valence-electron chi connectivity index (χ0n) is 5.78. The van der Waals surface area contributed by atoms with Crippen LogP contribution in [0.1, 0.15) is 0 Å². The van der Waals surface area contributed by atoms with Gasteiger partial charge in [0.2, 0.25) is 0 Å². The third-order valence-electron chi connectivity index (χ3n) is 0.893. The van der Waals surface area contributed by atoms with Crippen LogP contribution in [0.4, 0.5) is 0 Å². The van der Waals surface area contributed by atoms with Crippen LogP contribution in [0, 0.1) is 0 Å². The Morgan fingerprint density at radius 1 is 1.55 bits per heavy atom. The average molecular weight is 184 g/mol. The third kappa shape index (κ3) is 3.37. The van der Waals surface area contributed by atoms with Gasteiger partial charge in [-0.05, 0) is 23.2 Å². The van der Waals surface area contributed by atoms with Crippen molar-refractivity contribution >= 4 is 22.7 Å². The molecule has 1 aromatic heterocycles. The molecule has 0 aliphatic carbocycles. The molecule has 1 aromatic rings. The van der Waals surface area contributed by atoms with Gasteiger partial charge in [0, 0.05) is 11.1 Å². The molecule has 3 nitrogen and oxygen atoms in total. The van der Waals surface area contributed by atoms with Gasteiger partial charge < -0.3 is 4.55 Å². The van der Waals surface area contributed by atoms with Crippen LogP contribution in [0.2, 0.25) is 5.15 Å². The molecule has 6 heteroatoms. The van der Waals surface area contributed by atoms with Gasteiger partial charge in [-0.15, -0.1) is 0 Å². The molecule has 0 spiro atoms. The summed E-state index contributed by atoms with van der Waals surface area (Å²) in [7, 11) is 0. The molecule has 0 amide bonds. The maximum Gasteiger partial charge on any atom is 1.00 e. The van der Waals surface area contributed by atoms with Crippen LogP contribution in [0.15, 0.2) is 23.2 Å². The van der Waals surface area contributed by atoms with Crippen molar-refractivity contribution in [1.29, 1.82) is 0 Å². The van der Waals surface area contributed by atoms with Gasteiger partial charge >= 0.3 is 18.9 Å². The molecule has 1 unspecified atom stereocenters. The Morgan fingerprint density at radius 3 is 2.55 bits per heavy atom. The molecule has 0 saturated heterocycles. The first kappa shape index (κ1) is 11.1. The summed E-state index contributed by atoms with van der Waals surface area (Å²) in [6, 6.07) is 2.81. The molecule has 0 radical (unpaired) electrons. The van der Waals surface area contributed by atoms with Gasteiger partial charge in [-0.2, -0.15) is 0 Å². The van der Waals surface area contributed by atoms with Crippen molar-refractivity contribution in [2.45, 2.75) is 4.90 Å². The van der Waals surface area contributed by atoms with E-state index in [9.17, 15) is 8.76 Å². The molecule has 1 heterocycles. The Bertz CT molecular complexity index is 253. The first-order chi connectivity index (χ1) is 4.70. The smallest absolute Gasteiger partial charge is 0.768 e. The van der Waals surface area contributed by atoms with Gasteiger partial charge in [0.1, 0.15) is 5.15 Å². The molecule has 0 fully saturated rings. The van der Waals surface area contributed by atoms with E-state index in [0.29, 0.717) is 0 Å². The fraction of sp³-hybridized carbons (Fsp3) is 0. The maximum absolute atomic E-state index is 10.2. The molecule has 1 atom stereocenters. The topological polar surface area (TPSA) is 53.0 Å². The van der Waals surface area contributed by atoms with Crippen molar-refractivity contribution < 1.29 is 27.6 Å². The van der Waals surface area contributed by atoms with Gasteiger partial charge in [-0.3, -0.25) is 4.21 Å². The van der Waals surface area contributed by atoms with Crippen LogP contribution in [0.5, 0.6) is 0 Å². The predicted molar refractivity (Wildman–Crippen MR) is 36.4 cm³/mol. The first-order valence-corrected chi connectivity index (χ1v) is 3.86. The second-order valence-corrected chi connectivity index (χ2v) is 2.88. The summed E-state index contributed by atoms with van der Waals surface area (Å²) in [6.07, 6.45) is 1.20. The van der Waals surface area contributed by atoms with Gasteiger partial charge in [-0.25, -0.2) is 4.98 Å². The van der Waals surface area contributed by atoms with E-state index in [-0.39, 0.29) is 28.9 Å². The van der Waals surface area contributed by atoms with Crippen LogP contribution in [-0.4, -0.2) is 13.7 Å². The molecule has 1 rings (SSSR count). The number of hydrogen-bond donors (Lipinski definition) is 0. The van der Waals surface area contributed by atoms with E-state index in [1.54, 1.807) is 0 Å². The quantitative estimate of drug-likeness (QED) is 0.287. The van der Waals surface area contributed by atoms with Crippen LogP contribution >= 0.6 is 11.6 Å². The number of hydrogen-bond acceptors (Lipinski definition) is 3. The normalized spacial score (nSPS) is 11.8. The molecular weight excluding hydrogens is 181 g/mol. The Kier molecular flexibility index (Phi) is 4.98. The third-order valence-corrected chi connectivity index (χ3v) is 1.74. The second-order valence-electron chi connectivity index (χ2n) is 1.55. The van der Waals surface area contributed by atoms with E-state index < -0.39 is 11.1 Å².